The molecule has 0 radical (unpaired) electrons. The Kier molecular flexibility index (Phi) is 8.32. The first-order chi connectivity index (χ1) is 17.5. The van der Waals surface area contributed by atoms with E-state index in [1.807, 2.05) is 48.6 Å². The number of esters is 1. The number of pyridine rings is 2. The lowest BCUT2D eigenvalue weighted by Gasteiger charge is -2.18. The maximum Gasteiger partial charge on any atom is 0.313 e. The van der Waals surface area contributed by atoms with Gasteiger partial charge in [0.15, 0.2) is 0 Å². The number of benzene rings is 1. The van der Waals surface area contributed by atoms with Crippen LogP contribution < -0.4 is 10.9 Å². The molecule has 182 valence electrons. The molecule has 0 fully saturated rings. The summed E-state index contributed by atoms with van der Waals surface area (Å²) in [6.07, 6.45) is 15.1. The van der Waals surface area contributed by atoms with E-state index in [1.54, 1.807) is 42.5 Å². The smallest absolute Gasteiger partial charge is 0.313 e. The van der Waals surface area contributed by atoms with E-state index < -0.39 is 23.5 Å². The molecule has 7 heteroatoms. The molecule has 1 amide bonds. The first kappa shape index (κ1) is 24.9. The Morgan fingerprint density at radius 3 is 2.58 bits per heavy atom. The van der Waals surface area contributed by atoms with Crippen molar-refractivity contribution in [3.63, 3.8) is 0 Å². The van der Waals surface area contributed by atoms with Gasteiger partial charge in [0.2, 0.25) is 0 Å². The standard InChI is InChI=1S/C29H25ClN2O4/c30-22-17-18-32-24(19-22)15-16-26(29(32)35)28(34)31-23(14-13-21-9-5-4-6-10-21)20-27(33)36-25-11-7-2-1-3-8-12-25/h1-12,15-19,23H,13-14,20H2,(H,31,34)/b2-1-,3-1?,7-2?,8-3-,11-7-,12-8?,25-11?,25-12+. The summed E-state index contributed by atoms with van der Waals surface area (Å²) in [5, 5.41) is 3.36. The molecule has 0 spiro atoms. The van der Waals surface area contributed by atoms with Crippen molar-refractivity contribution in [3.8, 4) is 0 Å². The average Bonchev–Trinajstić information content (AvgIpc) is 2.85. The normalized spacial score (nSPS) is 17.6. The molecule has 36 heavy (non-hydrogen) atoms. The quantitative estimate of drug-likeness (QED) is 0.432. The molecule has 1 aliphatic rings. The maximum atomic E-state index is 13.1. The molecular weight excluding hydrogens is 476 g/mol. The summed E-state index contributed by atoms with van der Waals surface area (Å²) >= 11 is 6.01. The SMILES string of the molecule is O=C(CC(CCc1ccccc1)NC(=O)c1ccc2cc(Cl)ccn2c1=O)OC1=C/C=C\C=C/C=C\1. The van der Waals surface area contributed by atoms with Gasteiger partial charge in [0, 0.05) is 17.3 Å². The van der Waals surface area contributed by atoms with Crippen LogP contribution in [0, 0.1) is 0 Å². The van der Waals surface area contributed by atoms with Crippen molar-refractivity contribution in [2.75, 3.05) is 0 Å². The number of aryl methyl sites for hydroxylation is 1. The van der Waals surface area contributed by atoms with E-state index in [1.165, 1.54) is 16.7 Å². The third-order valence-corrected chi connectivity index (χ3v) is 5.87. The van der Waals surface area contributed by atoms with E-state index in [4.69, 9.17) is 16.3 Å². The van der Waals surface area contributed by atoms with Gasteiger partial charge in [-0.1, -0.05) is 72.3 Å². The lowest BCUT2D eigenvalue weighted by molar-refractivity contribution is -0.139. The third kappa shape index (κ3) is 6.71. The maximum absolute atomic E-state index is 13.1. The summed E-state index contributed by atoms with van der Waals surface area (Å²) in [5.41, 5.74) is 1.18. The molecule has 1 aliphatic carbocycles. The molecule has 2 heterocycles. The molecule has 0 bridgehead atoms. The molecular formula is C29H25ClN2O4. The van der Waals surface area contributed by atoms with Gasteiger partial charge in [-0.25, -0.2) is 0 Å². The lowest BCUT2D eigenvalue weighted by atomic mass is 10.0. The zero-order valence-corrected chi connectivity index (χ0v) is 20.2. The Hall–Kier alpha value is -4.16. The number of rotatable bonds is 8. The molecule has 1 atom stereocenters. The van der Waals surface area contributed by atoms with Gasteiger partial charge in [-0.2, -0.15) is 0 Å². The van der Waals surface area contributed by atoms with Crippen molar-refractivity contribution >= 4 is 29.0 Å². The Labute approximate surface area is 213 Å². The van der Waals surface area contributed by atoms with Gasteiger partial charge >= 0.3 is 5.97 Å². The summed E-state index contributed by atoms with van der Waals surface area (Å²) in [5.74, 6) is -0.624. The number of ether oxygens (including phenoxy) is 1. The predicted octanol–water partition coefficient (Wildman–Crippen LogP) is 5.18. The van der Waals surface area contributed by atoms with E-state index in [9.17, 15) is 14.4 Å². The van der Waals surface area contributed by atoms with E-state index in [2.05, 4.69) is 5.32 Å². The molecule has 1 N–H and O–H groups in total. The summed E-state index contributed by atoms with van der Waals surface area (Å²) in [6, 6.07) is 15.6. The summed E-state index contributed by atoms with van der Waals surface area (Å²) in [7, 11) is 0. The van der Waals surface area contributed by atoms with E-state index in [-0.39, 0.29) is 12.0 Å². The Bertz CT molecular complexity index is 1430. The topological polar surface area (TPSA) is 76.9 Å². The molecule has 3 aromatic rings. The molecule has 1 aromatic carbocycles. The molecule has 4 rings (SSSR count). The monoisotopic (exact) mass is 500 g/mol. The van der Waals surface area contributed by atoms with Gasteiger partial charge in [0.1, 0.15) is 11.3 Å². The number of carbonyl (C=O) groups excluding carboxylic acids is 2. The lowest BCUT2D eigenvalue weighted by Crippen LogP contribution is -2.40. The highest BCUT2D eigenvalue weighted by molar-refractivity contribution is 6.30. The number of hydrogen-bond acceptors (Lipinski definition) is 4. The molecule has 0 saturated carbocycles. The zero-order chi connectivity index (χ0) is 25.3. The van der Waals surface area contributed by atoms with Crippen molar-refractivity contribution in [2.45, 2.75) is 25.3 Å². The molecule has 2 aromatic heterocycles. The number of halogens is 1. The van der Waals surface area contributed by atoms with Crippen LogP contribution in [-0.4, -0.2) is 22.3 Å². The second-order valence-corrected chi connectivity index (χ2v) is 8.70. The number of hydrogen-bond donors (Lipinski definition) is 1. The van der Waals surface area contributed by atoms with Crippen molar-refractivity contribution < 1.29 is 14.3 Å². The Balaban J connectivity index is 1.50. The average molecular weight is 501 g/mol. The highest BCUT2D eigenvalue weighted by atomic mass is 35.5. The van der Waals surface area contributed by atoms with Crippen LogP contribution in [0.15, 0.2) is 114 Å². The largest absolute Gasteiger partial charge is 0.426 e. The van der Waals surface area contributed by atoms with Crippen LogP contribution in [0.1, 0.15) is 28.8 Å². The van der Waals surface area contributed by atoms with Crippen LogP contribution in [0.4, 0.5) is 0 Å². The number of carbonyl (C=O) groups is 2. The van der Waals surface area contributed by atoms with E-state index >= 15 is 0 Å². The number of nitrogens with zero attached hydrogens (tertiary/aromatic N) is 1. The van der Waals surface area contributed by atoms with E-state index in [0.717, 1.165) is 5.56 Å². The second-order valence-electron chi connectivity index (χ2n) is 8.26. The summed E-state index contributed by atoms with van der Waals surface area (Å²) in [4.78, 5) is 38.8. The Morgan fingerprint density at radius 2 is 1.75 bits per heavy atom. The minimum absolute atomic E-state index is 0.0181. The van der Waals surface area contributed by atoms with Gasteiger partial charge in [-0.05, 0) is 54.8 Å². The van der Waals surface area contributed by atoms with Crippen LogP contribution in [0.25, 0.3) is 5.52 Å². The van der Waals surface area contributed by atoms with Crippen LogP contribution in [-0.2, 0) is 16.0 Å². The second kappa shape index (κ2) is 12.0. The van der Waals surface area contributed by atoms with Crippen LogP contribution in [0.2, 0.25) is 5.02 Å². The van der Waals surface area contributed by atoms with Gasteiger partial charge in [0.25, 0.3) is 11.5 Å². The van der Waals surface area contributed by atoms with Crippen molar-refractivity contribution in [3.05, 3.63) is 136 Å². The van der Waals surface area contributed by atoms with Gasteiger partial charge < -0.3 is 10.1 Å². The highest BCUT2D eigenvalue weighted by Crippen LogP contribution is 2.14. The van der Waals surface area contributed by atoms with Gasteiger partial charge in [0.05, 0.1) is 11.9 Å². The minimum atomic E-state index is -0.548. The number of allylic oxidation sites excluding steroid dienone is 7. The third-order valence-electron chi connectivity index (χ3n) is 5.63. The minimum Gasteiger partial charge on any atom is -0.426 e. The van der Waals surface area contributed by atoms with Crippen LogP contribution >= 0.6 is 11.6 Å². The number of aromatic nitrogens is 1. The van der Waals surface area contributed by atoms with Crippen molar-refractivity contribution in [1.29, 1.82) is 0 Å². The van der Waals surface area contributed by atoms with Crippen LogP contribution in [0.3, 0.4) is 0 Å². The van der Waals surface area contributed by atoms with E-state index in [0.29, 0.717) is 29.1 Å². The molecule has 0 aliphatic heterocycles. The summed E-state index contributed by atoms with van der Waals surface area (Å²) < 4.78 is 6.87. The summed E-state index contributed by atoms with van der Waals surface area (Å²) in [6.45, 7) is 0. The Morgan fingerprint density at radius 1 is 0.972 bits per heavy atom. The first-order valence-electron chi connectivity index (χ1n) is 11.6. The fourth-order valence-electron chi connectivity index (χ4n) is 3.81. The van der Waals surface area contributed by atoms with Gasteiger partial charge in [-0.15, -0.1) is 0 Å². The van der Waals surface area contributed by atoms with Gasteiger partial charge in [-0.3, -0.25) is 18.8 Å². The molecule has 0 saturated heterocycles. The highest BCUT2D eigenvalue weighted by Gasteiger charge is 2.21. The first-order valence-corrected chi connectivity index (χ1v) is 12.0. The number of nitrogens with one attached hydrogen (secondary N) is 1. The fraction of sp³-hybridized carbons (Fsp3) is 0.138. The zero-order valence-electron chi connectivity index (χ0n) is 19.5. The predicted molar refractivity (Wildman–Crippen MR) is 141 cm³/mol. The van der Waals surface area contributed by atoms with Crippen molar-refractivity contribution in [1.82, 2.24) is 9.72 Å². The van der Waals surface area contributed by atoms with Crippen molar-refractivity contribution in [2.24, 2.45) is 0 Å². The molecule has 1 unspecified atom stereocenters. The molecule has 6 nitrogen and oxygen atoms in total. The number of amides is 1. The fourth-order valence-corrected chi connectivity index (χ4v) is 3.98. The number of fused-ring (bicyclic) bond motifs is 1. The van der Waals surface area contributed by atoms with Crippen LogP contribution in [0.5, 0.6) is 0 Å².